The Bertz CT molecular complexity index is 1260. The highest BCUT2D eigenvalue weighted by atomic mass is 32.2. The van der Waals surface area contributed by atoms with Crippen molar-refractivity contribution in [2.45, 2.75) is 73.7 Å². The molecule has 3 saturated heterocycles. The lowest BCUT2D eigenvalue weighted by molar-refractivity contribution is -0.140. The van der Waals surface area contributed by atoms with Gasteiger partial charge in [0.05, 0.1) is 18.4 Å². The lowest BCUT2D eigenvalue weighted by atomic mass is 9.98. The summed E-state index contributed by atoms with van der Waals surface area (Å²) in [4.78, 5) is 55.5. The largest absolute Gasteiger partial charge is 0.470 e. The number of nitrogens with one attached hydrogen (secondary N) is 2. The van der Waals surface area contributed by atoms with Gasteiger partial charge >= 0.3 is 13.9 Å². The van der Waals surface area contributed by atoms with Gasteiger partial charge in [-0.15, -0.1) is 0 Å². The van der Waals surface area contributed by atoms with Crippen molar-refractivity contribution < 1.29 is 43.4 Å². The van der Waals surface area contributed by atoms with Crippen molar-refractivity contribution in [2.24, 2.45) is 0 Å². The number of phosphoric ester groups is 1. The van der Waals surface area contributed by atoms with Gasteiger partial charge in [-0.3, -0.25) is 13.9 Å². The number of nitrogens with zero attached hydrogens (tertiary/aromatic N) is 4. The molecule has 0 aliphatic carbocycles. The summed E-state index contributed by atoms with van der Waals surface area (Å²) in [5.41, 5.74) is 6.20. The number of carbonyl (C=O) groups excluding carboxylic acids is 2. The average molecular weight is 574 g/mol. The van der Waals surface area contributed by atoms with Crippen molar-refractivity contribution in [1.82, 2.24) is 30.2 Å². The molecule has 0 radical (unpaired) electrons. The number of nitrogens with two attached hydrogens (primary N) is 1. The van der Waals surface area contributed by atoms with Crippen LogP contribution in [0, 0.1) is 0 Å². The van der Waals surface area contributed by atoms with E-state index in [1.807, 2.05) is 0 Å². The van der Waals surface area contributed by atoms with Gasteiger partial charge in [-0.2, -0.15) is 11.8 Å². The maximum atomic E-state index is 13.1. The second-order valence-electron chi connectivity index (χ2n) is 9.41. The van der Waals surface area contributed by atoms with Crippen LogP contribution in [0.25, 0.3) is 11.2 Å². The smallest absolute Gasteiger partial charge is 0.387 e. The number of unbranched alkanes of at least 4 members (excludes halogenated alkanes) is 1. The van der Waals surface area contributed by atoms with E-state index in [-0.39, 0.29) is 46.8 Å². The molecule has 8 N–H and O–H groups in total. The zero-order valence-corrected chi connectivity index (χ0v) is 21.6. The molecule has 18 heteroatoms. The van der Waals surface area contributed by atoms with Crippen LogP contribution in [0.15, 0.2) is 12.7 Å². The standard InChI is InChI=1S/C20H28N7O9PS/c21-17-12-18(23-6-22-17)27(7-24-12)19-14(30)13(29)16(35-19)15(36-37(32,33)34)9(28)3-1-2-4-10-11-8(5-38-10)25-20(31)26-11/h6-8,10-11,13-16,19,29-30H,1-5H2,(H2,21,22,23)(H2,25,26,31)(H2,32,33,34)/t8-,10-,11-,13-,14+,15?,16-,19+/m0/s1. The summed E-state index contributed by atoms with van der Waals surface area (Å²) in [5.74, 6) is 0.186. The number of Topliss-reactive ketones (excluding diaryl/α,β-unsaturated/α-hetero) is 1. The minimum Gasteiger partial charge on any atom is -0.387 e. The molecule has 38 heavy (non-hydrogen) atoms. The first-order chi connectivity index (χ1) is 18.0. The maximum absolute atomic E-state index is 13.1. The first-order valence-electron chi connectivity index (χ1n) is 11.9. The SMILES string of the molecule is Nc1ncnc2c1ncn2[C@@H]1O[C@H](C(OP(=O)(O)O)C(=O)CCCC[C@@H]2SC[C@@H]3NC(=O)N[C@@H]32)[C@@H](O)[C@H]1O. The third-order valence-corrected chi connectivity index (χ3v) is 8.91. The molecule has 3 aliphatic rings. The lowest BCUT2D eigenvalue weighted by Crippen LogP contribution is -2.44. The number of ether oxygens (including phenoxy) is 1. The predicted octanol–water partition coefficient (Wildman–Crippen LogP) is -1.20. The number of hydrogen-bond donors (Lipinski definition) is 7. The maximum Gasteiger partial charge on any atom is 0.470 e. The summed E-state index contributed by atoms with van der Waals surface area (Å²) in [6.45, 7) is 0. The van der Waals surface area contributed by atoms with E-state index in [1.165, 1.54) is 17.2 Å². The number of amides is 2. The van der Waals surface area contributed by atoms with E-state index in [2.05, 4.69) is 25.6 Å². The van der Waals surface area contributed by atoms with Crippen molar-refractivity contribution in [3.63, 3.8) is 0 Å². The van der Waals surface area contributed by atoms with Gasteiger partial charge in [0, 0.05) is 17.4 Å². The number of phosphoric acid groups is 1. The fourth-order valence-corrected chi connectivity index (χ4v) is 7.18. The van der Waals surface area contributed by atoms with Crippen molar-refractivity contribution in [3.05, 3.63) is 12.7 Å². The Morgan fingerprint density at radius 3 is 2.82 bits per heavy atom. The Morgan fingerprint density at radius 2 is 2.05 bits per heavy atom. The van der Waals surface area contributed by atoms with Crippen LogP contribution in [-0.2, 0) is 18.6 Å². The number of imidazole rings is 1. The summed E-state index contributed by atoms with van der Waals surface area (Å²) < 4.78 is 23.5. The molecule has 0 saturated carbocycles. The van der Waals surface area contributed by atoms with Crippen LogP contribution in [0.3, 0.4) is 0 Å². The van der Waals surface area contributed by atoms with Gasteiger partial charge in [-0.25, -0.2) is 24.3 Å². The lowest BCUT2D eigenvalue weighted by Gasteiger charge is -2.25. The molecule has 8 atom stereocenters. The number of rotatable bonds is 10. The first-order valence-corrected chi connectivity index (χ1v) is 14.5. The molecule has 3 aliphatic heterocycles. The second-order valence-corrected chi connectivity index (χ2v) is 11.9. The van der Waals surface area contributed by atoms with E-state index in [9.17, 15) is 34.2 Å². The summed E-state index contributed by atoms with van der Waals surface area (Å²) in [6, 6.07) is -0.0848. The highest BCUT2D eigenvalue weighted by molar-refractivity contribution is 8.00. The van der Waals surface area contributed by atoms with Crippen molar-refractivity contribution in [2.75, 3.05) is 11.5 Å². The van der Waals surface area contributed by atoms with Gasteiger partial charge in [0.25, 0.3) is 0 Å². The molecule has 2 amide bonds. The van der Waals surface area contributed by atoms with E-state index < -0.39 is 44.2 Å². The van der Waals surface area contributed by atoms with E-state index in [0.29, 0.717) is 12.8 Å². The molecular weight excluding hydrogens is 545 g/mol. The van der Waals surface area contributed by atoms with Crippen molar-refractivity contribution in [3.8, 4) is 0 Å². The third-order valence-electron chi connectivity index (χ3n) is 6.90. The first kappa shape index (κ1) is 27.2. The third kappa shape index (κ3) is 5.37. The number of ketones is 1. The fraction of sp³-hybridized carbons (Fsp3) is 0.650. The average Bonchev–Trinajstić information content (AvgIpc) is 3.60. The van der Waals surface area contributed by atoms with Gasteiger partial charge in [0.2, 0.25) is 0 Å². The number of hydrogen-bond acceptors (Lipinski definition) is 12. The minimum absolute atomic E-state index is 0.0225. The van der Waals surface area contributed by atoms with Crippen LogP contribution in [0.4, 0.5) is 10.6 Å². The topological polar surface area (TPSA) is 244 Å². The molecule has 5 rings (SSSR count). The summed E-state index contributed by atoms with van der Waals surface area (Å²) in [5, 5.41) is 27.3. The Morgan fingerprint density at radius 1 is 1.26 bits per heavy atom. The Labute approximate surface area is 219 Å². The predicted molar refractivity (Wildman–Crippen MR) is 132 cm³/mol. The van der Waals surface area contributed by atoms with E-state index in [0.717, 1.165) is 12.2 Å². The second kappa shape index (κ2) is 10.7. The van der Waals surface area contributed by atoms with Crippen molar-refractivity contribution in [1.29, 1.82) is 0 Å². The summed E-state index contributed by atoms with van der Waals surface area (Å²) in [7, 11) is -5.17. The number of carbonyl (C=O) groups is 2. The van der Waals surface area contributed by atoms with Gasteiger partial charge in [-0.05, 0) is 12.8 Å². The molecular formula is C20H28N7O9PS. The molecule has 2 aromatic heterocycles. The number of aromatic nitrogens is 4. The molecule has 3 fully saturated rings. The number of anilines is 1. The number of aliphatic hydroxyl groups is 2. The van der Waals surface area contributed by atoms with Gasteiger partial charge in [0.15, 0.2) is 29.6 Å². The molecule has 0 spiro atoms. The molecule has 0 aromatic carbocycles. The van der Waals surface area contributed by atoms with Crippen molar-refractivity contribution >= 4 is 48.4 Å². The van der Waals surface area contributed by atoms with Crippen LogP contribution in [0.2, 0.25) is 0 Å². The quantitative estimate of drug-likeness (QED) is 0.100. The highest BCUT2D eigenvalue weighted by Gasteiger charge is 2.51. The van der Waals surface area contributed by atoms with Crippen LogP contribution in [-0.4, -0.2) is 98.8 Å². The number of fused-ring (bicyclic) bond motifs is 2. The monoisotopic (exact) mass is 573 g/mol. The van der Waals surface area contributed by atoms with E-state index >= 15 is 0 Å². The molecule has 1 unspecified atom stereocenters. The molecule has 2 aromatic rings. The molecule has 208 valence electrons. The zero-order chi connectivity index (χ0) is 27.2. The number of nitrogen functional groups attached to an aromatic ring is 1. The Balaban J connectivity index is 1.25. The number of urea groups is 1. The van der Waals surface area contributed by atoms with E-state index in [4.69, 9.17) is 15.0 Å². The van der Waals surface area contributed by atoms with Gasteiger partial charge in [-0.1, -0.05) is 6.42 Å². The van der Waals surface area contributed by atoms with Crippen LogP contribution < -0.4 is 16.4 Å². The number of thioether (sulfide) groups is 1. The number of aliphatic hydroxyl groups excluding tert-OH is 2. The van der Waals surface area contributed by atoms with Gasteiger partial charge < -0.3 is 41.1 Å². The normalized spacial score (nSPS) is 31.8. The summed E-state index contributed by atoms with van der Waals surface area (Å²) >= 11 is 1.74. The molecule has 16 nitrogen and oxygen atoms in total. The highest BCUT2D eigenvalue weighted by Crippen LogP contribution is 2.43. The van der Waals surface area contributed by atoms with Crippen LogP contribution >= 0.6 is 19.6 Å². The Hall–Kier alpha value is -2.37. The van der Waals surface area contributed by atoms with E-state index in [1.54, 1.807) is 11.8 Å². The van der Waals surface area contributed by atoms with Gasteiger partial charge in [0.1, 0.15) is 30.2 Å². The Kier molecular flexibility index (Phi) is 7.63. The fourth-order valence-electron chi connectivity index (χ4n) is 5.10. The summed E-state index contributed by atoms with van der Waals surface area (Å²) in [6.07, 6.45) is -4.00. The van der Waals surface area contributed by atoms with Crippen LogP contribution in [0.1, 0.15) is 31.9 Å². The van der Waals surface area contributed by atoms with Crippen LogP contribution in [0.5, 0.6) is 0 Å². The molecule has 5 heterocycles. The zero-order valence-electron chi connectivity index (χ0n) is 19.9. The minimum atomic E-state index is -5.17. The molecule has 0 bridgehead atoms.